The van der Waals surface area contributed by atoms with Crippen LogP contribution in [0.5, 0.6) is 0 Å². The molecule has 1 N–H and O–H groups in total. The summed E-state index contributed by atoms with van der Waals surface area (Å²) in [6, 6.07) is 7.70. The number of aromatic nitrogens is 2. The van der Waals surface area contributed by atoms with E-state index in [1.54, 1.807) is 0 Å². The summed E-state index contributed by atoms with van der Waals surface area (Å²) in [7, 11) is 0. The van der Waals surface area contributed by atoms with Crippen LogP contribution in [0, 0.1) is 0 Å². The Bertz CT molecular complexity index is 453. The van der Waals surface area contributed by atoms with Gasteiger partial charge in [-0.1, -0.05) is 21.1 Å². The van der Waals surface area contributed by atoms with Crippen molar-refractivity contribution in [2.24, 2.45) is 0 Å². The van der Waals surface area contributed by atoms with E-state index in [0.717, 1.165) is 10.0 Å². The summed E-state index contributed by atoms with van der Waals surface area (Å²) in [6.07, 6.45) is 1.25. The molecule has 0 radical (unpaired) electrons. The molecule has 0 saturated carbocycles. The minimum Gasteiger partial charge on any atom is -0.396 e. The number of benzene rings is 1. The van der Waals surface area contributed by atoms with Crippen molar-refractivity contribution in [3.8, 4) is 11.4 Å². The van der Waals surface area contributed by atoms with Crippen LogP contribution in [-0.4, -0.2) is 21.9 Å². The fourth-order valence-corrected chi connectivity index (χ4v) is 1.57. The Hall–Kier alpha value is -1.20. The lowest BCUT2D eigenvalue weighted by atomic mass is 10.2. The summed E-state index contributed by atoms with van der Waals surface area (Å²) in [5.41, 5.74) is 0.919. The molecule has 0 aliphatic carbocycles. The standard InChI is InChI=1S/C11H11BrN2O2/c12-9-5-3-8(4-6-9)11-13-10(16-14-11)2-1-7-15/h3-6,15H,1-2,7H2. The number of halogens is 1. The minimum atomic E-state index is 0.135. The van der Waals surface area contributed by atoms with Gasteiger partial charge in [-0.25, -0.2) is 0 Å². The van der Waals surface area contributed by atoms with Gasteiger partial charge in [0.15, 0.2) is 0 Å². The molecule has 0 atom stereocenters. The van der Waals surface area contributed by atoms with Gasteiger partial charge >= 0.3 is 0 Å². The third kappa shape index (κ3) is 2.68. The number of hydrogen-bond acceptors (Lipinski definition) is 4. The highest BCUT2D eigenvalue weighted by Crippen LogP contribution is 2.19. The lowest BCUT2D eigenvalue weighted by Crippen LogP contribution is -1.89. The molecule has 16 heavy (non-hydrogen) atoms. The van der Waals surface area contributed by atoms with Crippen molar-refractivity contribution in [1.29, 1.82) is 0 Å². The van der Waals surface area contributed by atoms with Gasteiger partial charge in [0, 0.05) is 23.1 Å². The number of aliphatic hydroxyl groups is 1. The van der Waals surface area contributed by atoms with Crippen LogP contribution in [0.1, 0.15) is 12.3 Å². The van der Waals surface area contributed by atoms with Gasteiger partial charge in [-0.05, 0) is 30.7 Å². The fraction of sp³-hybridized carbons (Fsp3) is 0.273. The maximum absolute atomic E-state index is 8.69. The quantitative estimate of drug-likeness (QED) is 0.936. The number of aliphatic hydroxyl groups excluding tert-OH is 1. The van der Waals surface area contributed by atoms with Crippen molar-refractivity contribution in [2.45, 2.75) is 12.8 Å². The topological polar surface area (TPSA) is 59.2 Å². The summed E-state index contributed by atoms with van der Waals surface area (Å²) in [4.78, 5) is 4.24. The number of hydrogen-bond donors (Lipinski definition) is 1. The monoisotopic (exact) mass is 282 g/mol. The molecule has 5 heteroatoms. The van der Waals surface area contributed by atoms with E-state index in [2.05, 4.69) is 26.1 Å². The van der Waals surface area contributed by atoms with Crippen LogP contribution < -0.4 is 0 Å². The molecule has 0 amide bonds. The second-order valence-electron chi connectivity index (χ2n) is 3.35. The first-order valence-electron chi connectivity index (χ1n) is 4.99. The van der Waals surface area contributed by atoms with E-state index in [1.165, 1.54) is 0 Å². The summed E-state index contributed by atoms with van der Waals surface area (Å²) in [5, 5.41) is 12.6. The molecule has 2 aromatic rings. The first-order chi connectivity index (χ1) is 7.79. The van der Waals surface area contributed by atoms with E-state index in [9.17, 15) is 0 Å². The Labute approximate surface area is 101 Å². The van der Waals surface area contributed by atoms with Gasteiger partial charge in [0.25, 0.3) is 0 Å². The summed E-state index contributed by atoms with van der Waals surface area (Å²) < 4.78 is 6.08. The van der Waals surface area contributed by atoms with Crippen LogP contribution in [0.4, 0.5) is 0 Å². The average Bonchev–Trinajstić information content (AvgIpc) is 2.76. The maximum Gasteiger partial charge on any atom is 0.227 e. The van der Waals surface area contributed by atoms with Gasteiger partial charge in [-0.15, -0.1) is 0 Å². The van der Waals surface area contributed by atoms with Gasteiger partial charge in [-0.3, -0.25) is 0 Å². The number of nitrogens with zero attached hydrogens (tertiary/aromatic N) is 2. The van der Waals surface area contributed by atoms with Crippen LogP contribution in [0.15, 0.2) is 33.3 Å². The highest BCUT2D eigenvalue weighted by atomic mass is 79.9. The summed E-state index contributed by atoms with van der Waals surface area (Å²) >= 11 is 3.37. The Morgan fingerprint density at radius 1 is 1.25 bits per heavy atom. The fourth-order valence-electron chi connectivity index (χ4n) is 1.30. The summed E-state index contributed by atoms with van der Waals surface area (Å²) in [5.74, 6) is 1.15. The smallest absolute Gasteiger partial charge is 0.227 e. The molecular formula is C11H11BrN2O2. The van der Waals surface area contributed by atoms with Gasteiger partial charge in [0.2, 0.25) is 11.7 Å². The first-order valence-corrected chi connectivity index (χ1v) is 5.78. The Morgan fingerprint density at radius 2 is 2.00 bits per heavy atom. The predicted octanol–water partition coefficient (Wildman–Crippen LogP) is 2.42. The molecule has 0 aliphatic heterocycles. The van der Waals surface area contributed by atoms with Crippen molar-refractivity contribution in [2.75, 3.05) is 6.61 Å². The van der Waals surface area contributed by atoms with Crippen LogP contribution >= 0.6 is 15.9 Å². The van der Waals surface area contributed by atoms with Crippen molar-refractivity contribution < 1.29 is 9.63 Å². The minimum absolute atomic E-state index is 0.135. The lowest BCUT2D eigenvalue weighted by Gasteiger charge is -1.93. The molecule has 4 nitrogen and oxygen atoms in total. The van der Waals surface area contributed by atoms with Crippen LogP contribution in [-0.2, 0) is 6.42 Å². The van der Waals surface area contributed by atoms with Crippen LogP contribution in [0.3, 0.4) is 0 Å². The second-order valence-corrected chi connectivity index (χ2v) is 4.26. The highest BCUT2D eigenvalue weighted by molar-refractivity contribution is 9.10. The third-order valence-electron chi connectivity index (χ3n) is 2.12. The van der Waals surface area contributed by atoms with E-state index in [4.69, 9.17) is 9.63 Å². The molecule has 84 valence electrons. The third-order valence-corrected chi connectivity index (χ3v) is 2.65. The molecule has 2 rings (SSSR count). The lowest BCUT2D eigenvalue weighted by molar-refractivity contribution is 0.278. The van der Waals surface area contributed by atoms with Crippen molar-refractivity contribution >= 4 is 15.9 Å². The van der Waals surface area contributed by atoms with E-state index in [0.29, 0.717) is 24.6 Å². The van der Waals surface area contributed by atoms with Crippen molar-refractivity contribution in [3.63, 3.8) is 0 Å². The van der Waals surface area contributed by atoms with E-state index in [1.807, 2.05) is 24.3 Å². The molecule has 1 heterocycles. The second kappa shape index (κ2) is 5.23. The molecule has 0 saturated heterocycles. The SMILES string of the molecule is OCCCc1nc(-c2ccc(Br)cc2)no1. The summed E-state index contributed by atoms with van der Waals surface area (Å²) in [6.45, 7) is 0.135. The molecule has 0 bridgehead atoms. The van der Waals surface area contributed by atoms with Gasteiger partial charge < -0.3 is 9.63 Å². The largest absolute Gasteiger partial charge is 0.396 e. The highest BCUT2D eigenvalue weighted by Gasteiger charge is 2.07. The zero-order chi connectivity index (χ0) is 11.4. The zero-order valence-electron chi connectivity index (χ0n) is 8.56. The maximum atomic E-state index is 8.69. The van der Waals surface area contributed by atoms with Crippen molar-refractivity contribution in [1.82, 2.24) is 10.1 Å². The molecule has 1 aromatic heterocycles. The molecule has 0 unspecified atom stereocenters. The van der Waals surface area contributed by atoms with E-state index >= 15 is 0 Å². The predicted molar refractivity (Wildman–Crippen MR) is 62.8 cm³/mol. The average molecular weight is 283 g/mol. The molecule has 1 aromatic carbocycles. The first kappa shape index (κ1) is 11.3. The number of aryl methyl sites for hydroxylation is 1. The Balaban J connectivity index is 2.15. The van der Waals surface area contributed by atoms with E-state index < -0.39 is 0 Å². The van der Waals surface area contributed by atoms with E-state index in [-0.39, 0.29) is 6.61 Å². The van der Waals surface area contributed by atoms with Gasteiger partial charge in [-0.2, -0.15) is 4.98 Å². The van der Waals surface area contributed by atoms with Gasteiger partial charge in [0.1, 0.15) is 0 Å². The van der Waals surface area contributed by atoms with Gasteiger partial charge in [0.05, 0.1) is 0 Å². The number of rotatable bonds is 4. The van der Waals surface area contributed by atoms with Crippen LogP contribution in [0.25, 0.3) is 11.4 Å². The molecule has 0 aliphatic rings. The zero-order valence-corrected chi connectivity index (χ0v) is 10.1. The Kier molecular flexibility index (Phi) is 3.69. The Morgan fingerprint density at radius 3 is 2.69 bits per heavy atom. The van der Waals surface area contributed by atoms with Crippen LogP contribution in [0.2, 0.25) is 0 Å². The van der Waals surface area contributed by atoms with Crippen molar-refractivity contribution in [3.05, 3.63) is 34.6 Å². The molecule has 0 fully saturated rings. The molecule has 0 spiro atoms. The normalized spacial score (nSPS) is 10.6. The molecular weight excluding hydrogens is 272 g/mol.